The monoisotopic (exact) mass is 415 g/mol. The molecule has 0 N–H and O–H groups in total. The van der Waals surface area contributed by atoms with Crippen molar-refractivity contribution in [2.75, 3.05) is 32.1 Å². The van der Waals surface area contributed by atoms with Gasteiger partial charge in [-0.3, -0.25) is 9.48 Å². The highest BCUT2D eigenvalue weighted by Gasteiger charge is 2.28. The van der Waals surface area contributed by atoms with Crippen molar-refractivity contribution in [3.05, 3.63) is 60.2 Å². The summed E-state index contributed by atoms with van der Waals surface area (Å²) in [5.74, 6) is 0.824. The summed E-state index contributed by atoms with van der Waals surface area (Å²) in [7, 11) is 3.84. The molecule has 31 heavy (non-hydrogen) atoms. The number of carbonyl (C=O) groups excluding carboxylic acids is 1. The molecular weight excluding hydrogens is 390 g/mol. The van der Waals surface area contributed by atoms with E-state index < -0.39 is 0 Å². The van der Waals surface area contributed by atoms with E-state index in [0.717, 1.165) is 36.2 Å². The van der Waals surface area contributed by atoms with Crippen molar-refractivity contribution < 1.29 is 4.79 Å². The Morgan fingerprint density at radius 2 is 2.10 bits per heavy atom. The number of likely N-dealkylation sites (tertiary alicyclic amines) is 1. The molecule has 1 amide bonds. The summed E-state index contributed by atoms with van der Waals surface area (Å²) >= 11 is 0. The van der Waals surface area contributed by atoms with Crippen molar-refractivity contribution >= 4 is 11.9 Å². The Labute approximate surface area is 181 Å². The molecular formula is C23H25N7O. The van der Waals surface area contributed by atoms with Gasteiger partial charge in [0.05, 0.1) is 17.3 Å². The average Bonchev–Trinajstić information content (AvgIpc) is 3.32. The van der Waals surface area contributed by atoms with Crippen LogP contribution in [0.1, 0.15) is 30.0 Å². The van der Waals surface area contributed by atoms with Crippen molar-refractivity contribution in [1.82, 2.24) is 24.6 Å². The standard InChI is InChI=1S/C23H25N7O/c1-28(2)23-25-14-20(18-8-6-17(13-24)7-9-18)22(27-23)19-5-3-11-29(15-19)21(31)16-30-12-4-10-26-30/h4,6-10,12,14,19H,3,5,11,15-16H2,1-2H3/t19-/m0/s1. The Hall–Kier alpha value is -3.73. The first kappa shape index (κ1) is 20.5. The van der Waals surface area contributed by atoms with Crippen LogP contribution in [-0.2, 0) is 11.3 Å². The van der Waals surface area contributed by atoms with E-state index >= 15 is 0 Å². The Kier molecular flexibility index (Phi) is 5.94. The van der Waals surface area contributed by atoms with E-state index in [9.17, 15) is 4.79 Å². The zero-order valence-corrected chi connectivity index (χ0v) is 17.8. The zero-order chi connectivity index (χ0) is 21.8. The lowest BCUT2D eigenvalue weighted by Crippen LogP contribution is -2.41. The SMILES string of the molecule is CN(C)c1ncc(-c2ccc(C#N)cc2)c([C@H]2CCCN(C(=O)Cn3cccn3)C2)n1. The molecule has 1 saturated heterocycles. The van der Waals surface area contributed by atoms with Crippen molar-refractivity contribution in [2.24, 2.45) is 0 Å². The maximum atomic E-state index is 12.8. The molecule has 8 nitrogen and oxygen atoms in total. The number of amides is 1. The van der Waals surface area contributed by atoms with Crippen LogP contribution in [0.15, 0.2) is 48.9 Å². The van der Waals surface area contributed by atoms with Crippen LogP contribution in [0.5, 0.6) is 0 Å². The summed E-state index contributed by atoms with van der Waals surface area (Å²) in [4.78, 5) is 26.0. The first-order valence-corrected chi connectivity index (χ1v) is 10.3. The smallest absolute Gasteiger partial charge is 0.244 e. The highest BCUT2D eigenvalue weighted by molar-refractivity contribution is 5.76. The van der Waals surface area contributed by atoms with Crippen LogP contribution in [-0.4, -0.2) is 57.7 Å². The van der Waals surface area contributed by atoms with Crippen molar-refractivity contribution in [1.29, 1.82) is 5.26 Å². The maximum absolute atomic E-state index is 12.8. The van der Waals surface area contributed by atoms with Gasteiger partial charge < -0.3 is 9.80 Å². The van der Waals surface area contributed by atoms with Gasteiger partial charge in [0, 0.05) is 57.3 Å². The van der Waals surface area contributed by atoms with Gasteiger partial charge in [0.2, 0.25) is 11.9 Å². The average molecular weight is 416 g/mol. The maximum Gasteiger partial charge on any atom is 0.244 e. The highest BCUT2D eigenvalue weighted by Crippen LogP contribution is 2.34. The second-order valence-electron chi connectivity index (χ2n) is 7.94. The summed E-state index contributed by atoms with van der Waals surface area (Å²) in [6, 6.07) is 11.4. The van der Waals surface area contributed by atoms with Crippen molar-refractivity contribution in [3.8, 4) is 17.2 Å². The third-order valence-electron chi connectivity index (χ3n) is 5.55. The van der Waals surface area contributed by atoms with Crippen LogP contribution in [0.25, 0.3) is 11.1 Å². The molecule has 0 saturated carbocycles. The fourth-order valence-electron chi connectivity index (χ4n) is 3.92. The van der Waals surface area contributed by atoms with E-state index in [2.05, 4.69) is 16.2 Å². The largest absolute Gasteiger partial charge is 0.347 e. The van der Waals surface area contributed by atoms with Crippen LogP contribution in [0.3, 0.4) is 0 Å². The molecule has 0 spiro atoms. The van der Waals surface area contributed by atoms with Gasteiger partial charge in [-0.1, -0.05) is 12.1 Å². The van der Waals surface area contributed by atoms with Gasteiger partial charge in [0.15, 0.2) is 0 Å². The number of nitrogens with zero attached hydrogens (tertiary/aromatic N) is 7. The quantitative estimate of drug-likeness (QED) is 0.636. The number of anilines is 1. The van der Waals surface area contributed by atoms with Gasteiger partial charge in [-0.05, 0) is 36.6 Å². The van der Waals surface area contributed by atoms with E-state index in [1.165, 1.54) is 0 Å². The lowest BCUT2D eigenvalue weighted by molar-refractivity contribution is -0.133. The number of hydrogen-bond donors (Lipinski definition) is 0. The second kappa shape index (κ2) is 8.96. The van der Waals surface area contributed by atoms with E-state index in [1.54, 1.807) is 29.2 Å². The predicted octanol–water partition coefficient (Wildman–Crippen LogP) is 2.68. The van der Waals surface area contributed by atoms with Gasteiger partial charge >= 0.3 is 0 Å². The minimum atomic E-state index is 0.0650. The molecule has 3 aromatic rings. The number of hydrogen-bond acceptors (Lipinski definition) is 6. The lowest BCUT2D eigenvalue weighted by atomic mass is 9.89. The van der Waals surface area contributed by atoms with Crippen LogP contribution in [0, 0.1) is 11.3 Å². The van der Waals surface area contributed by atoms with E-state index in [-0.39, 0.29) is 18.4 Å². The number of benzene rings is 1. The zero-order valence-electron chi connectivity index (χ0n) is 17.8. The molecule has 1 fully saturated rings. The third kappa shape index (κ3) is 4.56. The normalized spacial score (nSPS) is 16.0. The molecule has 8 heteroatoms. The number of rotatable bonds is 5. The summed E-state index contributed by atoms with van der Waals surface area (Å²) in [5, 5.41) is 13.3. The predicted molar refractivity (Wildman–Crippen MR) is 117 cm³/mol. The molecule has 0 bridgehead atoms. The molecule has 158 valence electrons. The van der Waals surface area contributed by atoms with E-state index in [4.69, 9.17) is 10.2 Å². The van der Waals surface area contributed by atoms with Gasteiger partial charge in [-0.15, -0.1) is 0 Å². The fraction of sp³-hybridized carbons (Fsp3) is 0.348. The molecule has 1 aliphatic rings. The first-order chi connectivity index (χ1) is 15.0. The molecule has 2 aromatic heterocycles. The molecule has 0 unspecified atom stereocenters. The van der Waals surface area contributed by atoms with Gasteiger partial charge in [0.1, 0.15) is 6.54 Å². The summed E-state index contributed by atoms with van der Waals surface area (Å²) in [6.45, 7) is 1.61. The second-order valence-corrected chi connectivity index (χ2v) is 7.94. The Bertz CT molecular complexity index is 1080. The van der Waals surface area contributed by atoms with Crippen LogP contribution in [0.2, 0.25) is 0 Å². The number of piperidine rings is 1. The molecule has 0 aliphatic carbocycles. The fourth-order valence-corrected chi connectivity index (χ4v) is 3.92. The van der Waals surface area contributed by atoms with Crippen LogP contribution < -0.4 is 4.90 Å². The van der Waals surface area contributed by atoms with Crippen LogP contribution in [0.4, 0.5) is 5.95 Å². The Balaban J connectivity index is 1.63. The van der Waals surface area contributed by atoms with Gasteiger partial charge in [0.25, 0.3) is 0 Å². The highest BCUT2D eigenvalue weighted by atomic mass is 16.2. The van der Waals surface area contributed by atoms with Gasteiger partial charge in [-0.2, -0.15) is 10.4 Å². The number of carbonyl (C=O) groups is 1. The van der Waals surface area contributed by atoms with E-state index in [1.807, 2.05) is 48.3 Å². The summed E-state index contributed by atoms with van der Waals surface area (Å²) in [6.07, 6.45) is 7.21. The Morgan fingerprint density at radius 1 is 1.29 bits per heavy atom. The van der Waals surface area contributed by atoms with Gasteiger partial charge in [-0.25, -0.2) is 9.97 Å². The molecule has 3 heterocycles. The first-order valence-electron chi connectivity index (χ1n) is 10.3. The van der Waals surface area contributed by atoms with Crippen molar-refractivity contribution in [2.45, 2.75) is 25.3 Å². The summed E-state index contributed by atoms with van der Waals surface area (Å²) < 4.78 is 1.66. The van der Waals surface area contributed by atoms with Crippen molar-refractivity contribution in [3.63, 3.8) is 0 Å². The van der Waals surface area contributed by atoms with E-state index in [0.29, 0.717) is 18.1 Å². The molecule has 0 radical (unpaired) electrons. The Morgan fingerprint density at radius 3 is 2.77 bits per heavy atom. The van der Waals surface area contributed by atoms with Crippen LogP contribution >= 0.6 is 0 Å². The topological polar surface area (TPSA) is 90.9 Å². The molecule has 4 rings (SSSR count). The minimum Gasteiger partial charge on any atom is -0.347 e. The number of aromatic nitrogens is 4. The summed E-state index contributed by atoms with van der Waals surface area (Å²) in [5.41, 5.74) is 3.48. The third-order valence-corrected chi connectivity index (χ3v) is 5.55. The lowest BCUT2D eigenvalue weighted by Gasteiger charge is -2.33. The molecule has 1 atom stereocenters. The molecule has 1 aliphatic heterocycles. The molecule has 1 aromatic carbocycles. The number of nitriles is 1. The minimum absolute atomic E-state index is 0.0650.